The fourth-order valence-electron chi connectivity index (χ4n) is 1.92. The Morgan fingerprint density at radius 2 is 2.15 bits per heavy atom. The molecule has 0 unspecified atom stereocenters. The quantitative estimate of drug-likeness (QED) is 0.506. The number of aromatic nitrogens is 2. The number of hydrogen-bond donors (Lipinski definition) is 0. The van der Waals surface area contributed by atoms with Gasteiger partial charge in [0.1, 0.15) is 38.7 Å². The molecular formula is C14H8IN3O2. The number of hydrogen-bond acceptors (Lipinski definition) is 5. The largest absolute Gasteiger partial charge is 0.497 e. The summed E-state index contributed by atoms with van der Waals surface area (Å²) in [5.41, 5.74) is 1.64. The zero-order chi connectivity index (χ0) is 14.1. The number of rotatable bonds is 2. The van der Waals surface area contributed by atoms with Crippen LogP contribution in [0.2, 0.25) is 0 Å². The summed E-state index contributed by atoms with van der Waals surface area (Å²) in [7, 11) is 1.61. The van der Waals surface area contributed by atoms with E-state index in [1.54, 1.807) is 7.11 Å². The lowest BCUT2D eigenvalue weighted by Gasteiger charge is -1.99. The van der Waals surface area contributed by atoms with E-state index in [0.717, 1.165) is 16.7 Å². The number of nitrogens with zero attached hydrogens (tertiary/aromatic N) is 3. The Labute approximate surface area is 128 Å². The Bertz CT molecular complexity index is 836. The standard InChI is InChI=1S/C14H8IN3O2/c1-19-9-2-3-11-8(4-9)5-12(20-11)13-10(6-16)14(15)18-7-17-13/h2-5,7H,1H3. The minimum absolute atomic E-state index is 0.416. The molecule has 0 radical (unpaired) electrons. The predicted molar refractivity (Wildman–Crippen MR) is 81.2 cm³/mol. The Hall–Kier alpha value is -2.14. The van der Waals surface area contributed by atoms with Crippen molar-refractivity contribution in [1.29, 1.82) is 5.26 Å². The molecule has 5 nitrogen and oxygen atoms in total. The van der Waals surface area contributed by atoms with Crippen molar-refractivity contribution in [2.45, 2.75) is 0 Å². The lowest BCUT2D eigenvalue weighted by atomic mass is 10.2. The highest BCUT2D eigenvalue weighted by molar-refractivity contribution is 14.1. The van der Waals surface area contributed by atoms with Crippen molar-refractivity contribution in [2.75, 3.05) is 7.11 Å². The number of benzene rings is 1. The minimum Gasteiger partial charge on any atom is -0.497 e. The van der Waals surface area contributed by atoms with Gasteiger partial charge >= 0.3 is 0 Å². The zero-order valence-corrected chi connectivity index (χ0v) is 12.6. The lowest BCUT2D eigenvalue weighted by Crippen LogP contribution is -1.94. The van der Waals surface area contributed by atoms with Crippen LogP contribution >= 0.6 is 22.6 Å². The second-order valence-corrected chi connectivity index (χ2v) is 5.04. The van der Waals surface area contributed by atoms with Gasteiger partial charge in [0, 0.05) is 5.39 Å². The molecule has 2 aromatic heterocycles. The predicted octanol–water partition coefficient (Wildman–Crippen LogP) is 3.37. The SMILES string of the molecule is COc1ccc2oc(-c3ncnc(I)c3C#N)cc2c1. The molecule has 0 spiro atoms. The highest BCUT2D eigenvalue weighted by atomic mass is 127. The molecule has 98 valence electrons. The van der Waals surface area contributed by atoms with Crippen molar-refractivity contribution in [3.8, 4) is 23.3 Å². The van der Waals surface area contributed by atoms with Crippen molar-refractivity contribution in [1.82, 2.24) is 9.97 Å². The van der Waals surface area contributed by atoms with Gasteiger partial charge in [-0.2, -0.15) is 5.26 Å². The Morgan fingerprint density at radius 3 is 2.90 bits per heavy atom. The summed E-state index contributed by atoms with van der Waals surface area (Å²) in [4.78, 5) is 8.16. The van der Waals surface area contributed by atoms with E-state index < -0.39 is 0 Å². The maximum Gasteiger partial charge on any atom is 0.155 e. The van der Waals surface area contributed by atoms with Gasteiger partial charge in [-0.15, -0.1) is 0 Å². The summed E-state index contributed by atoms with van der Waals surface area (Å²) in [5, 5.41) is 10.1. The van der Waals surface area contributed by atoms with Crippen LogP contribution in [-0.4, -0.2) is 17.1 Å². The number of ether oxygens (including phenoxy) is 1. The molecule has 0 atom stereocenters. The topological polar surface area (TPSA) is 71.9 Å². The van der Waals surface area contributed by atoms with E-state index in [1.165, 1.54) is 6.33 Å². The second-order valence-electron chi connectivity index (χ2n) is 4.01. The summed E-state index contributed by atoms with van der Waals surface area (Å²) in [6.45, 7) is 0. The number of furan rings is 1. The van der Waals surface area contributed by atoms with E-state index in [0.29, 0.717) is 20.7 Å². The zero-order valence-electron chi connectivity index (χ0n) is 10.4. The van der Waals surface area contributed by atoms with Crippen LogP contribution in [0.15, 0.2) is 35.0 Å². The van der Waals surface area contributed by atoms with E-state index in [4.69, 9.17) is 9.15 Å². The Balaban J connectivity index is 2.21. The van der Waals surface area contributed by atoms with Crippen molar-refractivity contribution < 1.29 is 9.15 Å². The maximum absolute atomic E-state index is 9.22. The van der Waals surface area contributed by atoms with Gasteiger partial charge in [0.15, 0.2) is 5.76 Å². The maximum atomic E-state index is 9.22. The monoisotopic (exact) mass is 377 g/mol. The molecule has 6 heteroatoms. The number of nitriles is 1. The van der Waals surface area contributed by atoms with Gasteiger partial charge in [0.25, 0.3) is 0 Å². The summed E-state index contributed by atoms with van der Waals surface area (Å²) in [6.07, 6.45) is 1.42. The summed E-state index contributed by atoms with van der Waals surface area (Å²) in [5.74, 6) is 1.30. The highest BCUT2D eigenvalue weighted by Gasteiger charge is 2.15. The molecule has 0 saturated carbocycles. The van der Waals surface area contributed by atoms with Crippen LogP contribution in [0, 0.1) is 15.0 Å². The molecule has 0 aliphatic carbocycles. The summed E-state index contributed by atoms with van der Waals surface area (Å²) < 4.78 is 11.5. The molecule has 0 aliphatic rings. The second kappa shape index (κ2) is 5.09. The minimum atomic E-state index is 0.416. The smallest absolute Gasteiger partial charge is 0.155 e. The average Bonchev–Trinajstić information content (AvgIpc) is 2.89. The van der Waals surface area contributed by atoms with Gasteiger partial charge in [-0.1, -0.05) is 0 Å². The molecule has 0 bridgehead atoms. The molecule has 0 aliphatic heterocycles. The van der Waals surface area contributed by atoms with Gasteiger partial charge in [0.05, 0.1) is 7.11 Å². The average molecular weight is 377 g/mol. The molecule has 20 heavy (non-hydrogen) atoms. The molecule has 3 rings (SSSR count). The van der Waals surface area contributed by atoms with Crippen LogP contribution in [0.3, 0.4) is 0 Å². The van der Waals surface area contributed by atoms with Gasteiger partial charge in [0.2, 0.25) is 0 Å². The lowest BCUT2D eigenvalue weighted by molar-refractivity contribution is 0.415. The summed E-state index contributed by atoms with van der Waals surface area (Å²) >= 11 is 2.01. The number of methoxy groups -OCH3 is 1. The van der Waals surface area contributed by atoms with E-state index in [1.807, 2.05) is 46.9 Å². The van der Waals surface area contributed by atoms with Crippen LogP contribution in [0.25, 0.3) is 22.4 Å². The van der Waals surface area contributed by atoms with Crippen LogP contribution in [0.4, 0.5) is 0 Å². The van der Waals surface area contributed by atoms with Crippen molar-refractivity contribution in [2.24, 2.45) is 0 Å². The van der Waals surface area contributed by atoms with E-state index >= 15 is 0 Å². The van der Waals surface area contributed by atoms with Crippen LogP contribution < -0.4 is 4.74 Å². The number of fused-ring (bicyclic) bond motifs is 1. The van der Waals surface area contributed by atoms with E-state index in [9.17, 15) is 5.26 Å². The molecular weight excluding hydrogens is 369 g/mol. The first kappa shape index (κ1) is 12.9. The normalized spacial score (nSPS) is 10.4. The fourth-order valence-corrected chi connectivity index (χ4v) is 2.42. The summed E-state index contributed by atoms with van der Waals surface area (Å²) in [6, 6.07) is 9.49. The van der Waals surface area contributed by atoms with Gasteiger partial charge in [-0.3, -0.25) is 0 Å². The Morgan fingerprint density at radius 1 is 1.30 bits per heavy atom. The molecule has 1 aromatic carbocycles. The molecule has 0 N–H and O–H groups in total. The van der Waals surface area contributed by atoms with Crippen molar-refractivity contribution >= 4 is 33.6 Å². The third-order valence-corrected chi connectivity index (χ3v) is 3.69. The van der Waals surface area contributed by atoms with Crippen LogP contribution in [-0.2, 0) is 0 Å². The first-order chi connectivity index (χ1) is 9.72. The fraction of sp³-hybridized carbons (Fsp3) is 0.0714. The molecule has 2 heterocycles. The molecule has 0 amide bonds. The first-order valence-electron chi connectivity index (χ1n) is 5.71. The highest BCUT2D eigenvalue weighted by Crippen LogP contribution is 2.31. The van der Waals surface area contributed by atoms with Crippen LogP contribution in [0.5, 0.6) is 5.75 Å². The molecule has 0 fully saturated rings. The van der Waals surface area contributed by atoms with E-state index in [2.05, 4.69) is 16.0 Å². The first-order valence-corrected chi connectivity index (χ1v) is 6.79. The Kier molecular flexibility index (Phi) is 3.28. The third kappa shape index (κ3) is 2.10. The van der Waals surface area contributed by atoms with Crippen molar-refractivity contribution in [3.05, 3.63) is 39.9 Å². The van der Waals surface area contributed by atoms with Gasteiger partial charge in [-0.05, 0) is 46.9 Å². The number of halogens is 1. The molecule has 3 aromatic rings. The van der Waals surface area contributed by atoms with Crippen molar-refractivity contribution in [3.63, 3.8) is 0 Å². The third-order valence-electron chi connectivity index (χ3n) is 2.87. The van der Waals surface area contributed by atoms with Crippen LogP contribution in [0.1, 0.15) is 5.56 Å². The van der Waals surface area contributed by atoms with E-state index in [-0.39, 0.29) is 0 Å². The van der Waals surface area contributed by atoms with Gasteiger partial charge < -0.3 is 9.15 Å². The molecule has 0 saturated heterocycles. The van der Waals surface area contributed by atoms with Gasteiger partial charge in [-0.25, -0.2) is 9.97 Å².